The molecular formula is C11H13F3O2. The summed E-state index contributed by atoms with van der Waals surface area (Å²) in [5.74, 6) is 0. The molecule has 0 amide bonds. The third kappa shape index (κ3) is 2.54. The summed E-state index contributed by atoms with van der Waals surface area (Å²) >= 11 is 0. The molecule has 0 saturated heterocycles. The molecule has 0 aliphatic heterocycles. The number of halogens is 3. The highest BCUT2D eigenvalue weighted by molar-refractivity contribution is 5.28. The Morgan fingerprint density at radius 1 is 1.06 bits per heavy atom. The van der Waals surface area contributed by atoms with Crippen molar-refractivity contribution in [2.45, 2.75) is 31.7 Å². The molecule has 1 rings (SSSR count). The third-order valence-electron chi connectivity index (χ3n) is 2.61. The average molecular weight is 234 g/mol. The molecule has 2 N–H and O–H groups in total. The van der Waals surface area contributed by atoms with Gasteiger partial charge in [0.05, 0.1) is 11.7 Å². The van der Waals surface area contributed by atoms with Crippen molar-refractivity contribution < 1.29 is 23.4 Å². The molecule has 0 heterocycles. The fourth-order valence-corrected chi connectivity index (χ4v) is 1.24. The van der Waals surface area contributed by atoms with Crippen molar-refractivity contribution >= 4 is 0 Å². The topological polar surface area (TPSA) is 40.5 Å². The lowest BCUT2D eigenvalue weighted by Crippen LogP contribution is -2.34. The van der Waals surface area contributed by atoms with Crippen LogP contribution in [-0.4, -0.2) is 16.3 Å². The Labute approximate surface area is 91.3 Å². The molecule has 2 unspecified atom stereocenters. The monoisotopic (exact) mass is 234 g/mol. The van der Waals surface area contributed by atoms with Gasteiger partial charge >= 0.3 is 6.18 Å². The number of alkyl halides is 3. The lowest BCUT2D eigenvalue weighted by molar-refractivity contribution is -0.137. The van der Waals surface area contributed by atoms with Crippen LogP contribution in [0.1, 0.15) is 25.0 Å². The van der Waals surface area contributed by atoms with E-state index < -0.39 is 23.4 Å². The van der Waals surface area contributed by atoms with E-state index in [0.29, 0.717) is 0 Å². The fourth-order valence-electron chi connectivity index (χ4n) is 1.24. The minimum atomic E-state index is -4.39. The Morgan fingerprint density at radius 2 is 1.44 bits per heavy atom. The predicted octanol–water partition coefficient (Wildman–Crippen LogP) is 2.29. The molecule has 0 aliphatic carbocycles. The van der Waals surface area contributed by atoms with Crippen molar-refractivity contribution in [1.82, 2.24) is 0 Å². The molecule has 0 saturated carbocycles. The van der Waals surface area contributed by atoms with Crippen LogP contribution < -0.4 is 0 Å². The highest BCUT2D eigenvalue weighted by Gasteiger charge is 2.33. The molecule has 0 aromatic heterocycles. The first-order chi connectivity index (χ1) is 7.15. The van der Waals surface area contributed by atoms with Crippen LogP contribution in [0.3, 0.4) is 0 Å². The molecule has 16 heavy (non-hydrogen) atoms. The van der Waals surface area contributed by atoms with Crippen molar-refractivity contribution in [1.29, 1.82) is 0 Å². The Kier molecular flexibility index (Phi) is 3.30. The number of hydrogen-bond donors (Lipinski definition) is 2. The summed E-state index contributed by atoms with van der Waals surface area (Å²) in [6, 6.07) is 4.09. The average Bonchev–Trinajstić information content (AvgIpc) is 2.16. The Hall–Kier alpha value is -1.07. The van der Waals surface area contributed by atoms with Gasteiger partial charge < -0.3 is 10.2 Å². The summed E-state index contributed by atoms with van der Waals surface area (Å²) in [6.07, 6.45) is -5.46. The van der Waals surface area contributed by atoms with E-state index in [1.807, 2.05) is 0 Å². The zero-order valence-electron chi connectivity index (χ0n) is 8.92. The van der Waals surface area contributed by atoms with Gasteiger partial charge in [0.2, 0.25) is 0 Å². The zero-order valence-corrected chi connectivity index (χ0v) is 8.92. The van der Waals surface area contributed by atoms with Crippen LogP contribution in [0.4, 0.5) is 13.2 Å². The predicted molar refractivity (Wildman–Crippen MR) is 52.7 cm³/mol. The molecule has 2 nitrogen and oxygen atoms in total. The normalized spacial score (nSPS) is 17.9. The number of aliphatic hydroxyl groups excluding tert-OH is 1. The van der Waals surface area contributed by atoms with Crippen molar-refractivity contribution in [3.8, 4) is 0 Å². The second-order valence-corrected chi connectivity index (χ2v) is 3.90. The number of benzene rings is 1. The Bertz CT molecular complexity index is 352. The maximum Gasteiger partial charge on any atom is 0.416 e. The van der Waals surface area contributed by atoms with Crippen LogP contribution >= 0.6 is 0 Å². The van der Waals surface area contributed by atoms with Crippen molar-refractivity contribution in [3.05, 3.63) is 35.4 Å². The largest absolute Gasteiger partial charge is 0.416 e. The lowest BCUT2D eigenvalue weighted by atomic mass is 9.90. The highest BCUT2D eigenvalue weighted by atomic mass is 19.4. The van der Waals surface area contributed by atoms with Gasteiger partial charge in [-0.05, 0) is 31.5 Å². The van der Waals surface area contributed by atoms with Gasteiger partial charge in [0.1, 0.15) is 5.60 Å². The van der Waals surface area contributed by atoms with Crippen LogP contribution in [0.2, 0.25) is 0 Å². The van der Waals surface area contributed by atoms with Gasteiger partial charge in [0, 0.05) is 0 Å². The van der Waals surface area contributed by atoms with E-state index in [4.69, 9.17) is 0 Å². The summed E-state index contributed by atoms with van der Waals surface area (Å²) < 4.78 is 36.8. The van der Waals surface area contributed by atoms with E-state index in [9.17, 15) is 23.4 Å². The van der Waals surface area contributed by atoms with Gasteiger partial charge in [-0.15, -0.1) is 0 Å². The molecule has 1 aromatic carbocycles. The first kappa shape index (κ1) is 13.0. The lowest BCUT2D eigenvalue weighted by Gasteiger charge is -2.27. The number of hydrogen-bond acceptors (Lipinski definition) is 2. The van der Waals surface area contributed by atoms with Crippen molar-refractivity contribution in [2.75, 3.05) is 0 Å². The quantitative estimate of drug-likeness (QED) is 0.824. The van der Waals surface area contributed by atoms with E-state index >= 15 is 0 Å². The maximum absolute atomic E-state index is 12.3. The second kappa shape index (κ2) is 4.07. The second-order valence-electron chi connectivity index (χ2n) is 3.90. The molecule has 0 aliphatic rings. The van der Waals surface area contributed by atoms with E-state index in [0.717, 1.165) is 24.3 Å². The molecule has 0 spiro atoms. The Morgan fingerprint density at radius 3 is 1.75 bits per heavy atom. The molecule has 90 valence electrons. The first-order valence-corrected chi connectivity index (χ1v) is 4.74. The van der Waals surface area contributed by atoms with Crippen LogP contribution in [-0.2, 0) is 11.8 Å². The summed E-state index contributed by atoms with van der Waals surface area (Å²) in [7, 11) is 0. The van der Waals surface area contributed by atoms with Gasteiger partial charge in [-0.3, -0.25) is 0 Å². The molecule has 1 aromatic rings. The first-order valence-electron chi connectivity index (χ1n) is 4.74. The minimum absolute atomic E-state index is 0.246. The van der Waals surface area contributed by atoms with Gasteiger partial charge in [0.15, 0.2) is 0 Å². The summed E-state index contributed by atoms with van der Waals surface area (Å²) in [5, 5.41) is 19.1. The SMILES string of the molecule is CC(O)C(C)(O)c1ccc(C(F)(F)F)cc1. The van der Waals surface area contributed by atoms with Gasteiger partial charge in [-0.2, -0.15) is 13.2 Å². The van der Waals surface area contributed by atoms with E-state index in [-0.39, 0.29) is 5.56 Å². The molecular weight excluding hydrogens is 221 g/mol. The van der Waals surface area contributed by atoms with Crippen LogP contribution in [0.25, 0.3) is 0 Å². The third-order valence-corrected chi connectivity index (χ3v) is 2.61. The zero-order chi connectivity index (χ0) is 12.6. The van der Waals surface area contributed by atoms with Gasteiger partial charge in [0.25, 0.3) is 0 Å². The molecule has 0 bridgehead atoms. The summed E-state index contributed by atoms with van der Waals surface area (Å²) in [4.78, 5) is 0. The summed E-state index contributed by atoms with van der Waals surface area (Å²) in [5.41, 5.74) is -2.09. The fraction of sp³-hybridized carbons (Fsp3) is 0.455. The standard InChI is InChI=1S/C11H13F3O2/c1-7(15)10(2,16)8-3-5-9(6-4-8)11(12,13)14/h3-7,15-16H,1-2H3. The van der Waals surface area contributed by atoms with Gasteiger partial charge in [-0.25, -0.2) is 0 Å². The maximum atomic E-state index is 12.3. The number of aliphatic hydroxyl groups is 2. The van der Waals surface area contributed by atoms with Gasteiger partial charge in [-0.1, -0.05) is 12.1 Å². The minimum Gasteiger partial charge on any atom is -0.390 e. The Balaban J connectivity index is 3.05. The molecule has 2 atom stereocenters. The van der Waals surface area contributed by atoms with E-state index in [2.05, 4.69) is 0 Å². The van der Waals surface area contributed by atoms with Crippen LogP contribution in [0, 0.1) is 0 Å². The van der Waals surface area contributed by atoms with Crippen LogP contribution in [0.15, 0.2) is 24.3 Å². The van der Waals surface area contributed by atoms with Crippen LogP contribution in [0.5, 0.6) is 0 Å². The van der Waals surface area contributed by atoms with E-state index in [1.54, 1.807) is 0 Å². The number of rotatable bonds is 2. The molecule has 0 fully saturated rings. The van der Waals surface area contributed by atoms with E-state index in [1.165, 1.54) is 13.8 Å². The van der Waals surface area contributed by atoms with Crippen molar-refractivity contribution in [2.24, 2.45) is 0 Å². The summed E-state index contributed by atoms with van der Waals surface area (Å²) in [6.45, 7) is 2.72. The molecule has 0 radical (unpaired) electrons. The highest BCUT2D eigenvalue weighted by Crippen LogP contribution is 2.31. The van der Waals surface area contributed by atoms with Crippen molar-refractivity contribution in [3.63, 3.8) is 0 Å². The molecule has 5 heteroatoms. The smallest absolute Gasteiger partial charge is 0.390 e.